The predicted octanol–water partition coefficient (Wildman–Crippen LogP) is 1.53. The van der Waals surface area contributed by atoms with E-state index in [1.807, 2.05) is 49.6 Å². The lowest BCUT2D eigenvalue weighted by atomic mass is 10.1. The third kappa shape index (κ3) is 4.54. The zero-order valence-corrected chi connectivity index (χ0v) is 13.4. The Hall–Kier alpha value is -2.89. The monoisotopic (exact) mass is 314 g/mol. The van der Waals surface area contributed by atoms with Gasteiger partial charge < -0.3 is 9.47 Å². The van der Waals surface area contributed by atoms with Gasteiger partial charge in [0.1, 0.15) is 0 Å². The lowest BCUT2D eigenvalue weighted by molar-refractivity contribution is -0.684. The van der Waals surface area contributed by atoms with E-state index in [4.69, 9.17) is 9.47 Å². The number of hydrazone groups is 1. The summed E-state index contributed by atoms with van der Waals surface area (Å²) in [5.74, 6) is 1.07. The van der Waals surface area contributed by atoms with Crippen LogP contribution in [0, 0.1) is 0 Å². The first-order valence-electron chi connectivity index (χ1n) is 7.13. The molecular weight excluding hydrogens is 294 g/mol. The van der Waals surface area contributed by atoms with Crippen molar-refractivity contribution in [3.05, 3.63) is 54.4 Å². The number of hydrogen-bond donors (Lipinski definition) is 1. The normalized spacial score (nSPS) is 11.0. The van der Waals surface area contributed by atoms with Crippen LogP contribution in [0.25, 0.3) is 0 Å². The Morgan fingerprint density at radius 2 is 1.83 bits per heavy atom. The number of nitrogens with one attached hydrogen (secondary N) is 1. The fraction of sp³-hybridized carbons (Fsp3) is 0.235. The Bertz CT molecular complexity index is 699. The van der Waals surface area contributed by atoms with Crippen LogP contribution in [0.4, 0.5) is 0 Å². The van der Waals surface area contributed by atoms with E-state index in [1.165, 1.54) is 0 Å². The molecule has 0 bridgehead atoms. The summed E-state index contributed by atoms with van der Waals surface area (Å²) >= 11 is 0. The molecule has 23 heavy (non-hydrogen) atoms. The van der Waals surface area contributed by atoms with Crippen molar-refractivity contribution in [2.24, 2.45) is 5.10 Å². The van der Waals surface area contributed by atoms with Gasteiger partial charge in [0.15, 0.2) is 23.9 Å². The first kappa shape index (κ1) is 16.5. The Morgan fingerprint density at radius 3 is 2.48 bits per heavy atom. The average molecular weight is 314 g/mol. The van der Waals surface area contributed by atoms with Crippen molar-refractivity contribution in [1.82, 2.24) is 5.43 Å². The van der Waals surface area contributed by atoms with Crippen molar-refractivity contribution in [1.29, 1.82) is 0 Å². The first-order valence-corrected chi connectivity index (χ1v) is 7.13. The van der Waals surface area contributed by atoms with Crippen LogP contribution < -0.4 is 19.5 Å². The Labute approximate surface area is 135 Å². The van der Waals surface area contributed by atoms with Gasteiger partial charge >= 0.3 is 5.91 Å². The molecule has 0 radical (unpaired) electrons. The Balaban J connectivity index is 2.03. The van der Waals surface area contributed by atoms with Crippen LogP contribution in [0.15, 0.2) is 53.9 Å². The Morgan fingerprint density at radius 1 is 1.13 bits per heavy atom. The average Bonchev–Trinajstić information content (AvgIpc) is 2.59. The van der Waals surface area contributed by atoms with Gasteiger partial charge in [-0.15, -0.1) is 0 Å². The van der Waals surface area contributed by atoms with E-state index >= 15 is 0 Å². The van der Waals surface area contributed by atoms with Crippen LogP contribution in [0.1, 0.15) is 12.5 Å². The molecule has 0 atom stereocenters. The minimum atomic E-state index is -0.193. The summed E-state index contributed by atoms with van der Waals surface area (Å²) in [6.07, 6.45) is 3.65. The van der Waals surface area contributed by atoms with Gasteiger partial charge in [0.05, 0.1) is 19.9 Å². The van der Waals surface area contributed by atoms with Crippen LogP contribution in [-0.2, 0) is 11.3 Å². The van der Waals surface area contributed by atoms with E-state index in [-0.39, 0.29) is 12.5 Å². The predicted molar refractivity (Wildman–Crippen MR) is 86.5 cm³/mol. The number of rotatable bonds is 6. The molecule has 0 saturated heterocycles. The summed E-state index contributed by atoms with van der Waals surface area (Å²) in [5, 5.41) is 4.13. The third-order valence-electron chi connectivity index (χ3n) is 3.25. The summed E-state index contributed by atoms with van der Waals surface area (Å²) in [6, 6.07) is 11.1. The molecule has 120 valence electrons. The molecule has 6 nitrogen and oxygen atoms in total. The number of benzene rings is 1. The summed E-state index contributed by atoms with van der Waals surface area (Å²) in [4.78, 5) is 11.9. The van der Waals surface area contributed by atoms with Crippen molar-refractivity contribution < 1.29 is 18.8 Å². The van der Waals surface area contributed by atoms with Gasteiger partial charge in [0.25, 0.3) is 0 Å². The summed E-state index contributed by atoms with van der Waals surface area (Å²) in [6.45, 7) is 2.03. The molecule has 2 aromatic rings. The maximum atomic E-state index is 11.9. The number of amides is 1. The number of carbonyl (C=O) groups is 1. The molecule has 2 rings (SSSR count). The molecule has 0 aliphatic carbocycles. The third-order valence-corrected chi connectivity index (χ3v) is 3.25. The maximum absolute atomic E-state index is 11.9. The number of hydrogen-bond acceptors (Lipinski definition) is 4. The van der Waals surface area contributed by atoms with Gasteiger partial charge in [-0.2, -0.15) is 9.67 Å². The second-order valence-electron chi connectivity index (χ2n) is 4.85. The molecule has 0 saturated carbocycles. The van der Waals surface area contributed by atoms with Crippen molar-refractivity contribution in [2.75, 3.05) is 14.2 Å². The van der Waals surface area contributed by atoms with Crippen LogP contribution in [0.2, 0.25) is 0 Å². The van der Waals surface area contributed by atoms with Gasteiger partial charge in [-0.25, -0.2) is 5.43 Å². The minimum absolute atomic E-state index is 0.193. The van der Waals surface area contributed by atoms with E-state index in [0.717, 1.165) is 5.56 Å². The van der Waals surface area contributed by atoms with Crippen LogP contribution in [0.5, 0.6) is 11.5 Å². The molecule has 0 unspecified atom stereocenters. The summed E-state index contributed by atoms with van der Waals surface area (Å²) in [7, 11) is 3.16. The fourth-order valence-corrected chi connectivity index (χ4v) is 2.01. The fourth-order valence-electron chi connectivity index (χ4n) is 2.01. The van der Waals surface area contributed by atoms with Gasteiger partial charge in [-0.1, -0.05) is 6.07 Å². The molecule has 0 spiro atoms. The van der Waals surface area contributed by atoms with E-state index in [9.17, 15) is 4.79 Å². The van der Waals surface area contributed by atoms with Crippen molar-refractivity contribution >= 4 is 11.6 Å². The number of methoxy groups -OCH3 is 2. The van der Waals surface area contributed by atoms with Crippen molar-refractivity contribution in [2.45, 2.75) is 13.5 Å². The van der Waals surface area contributed by atoms with Gasteiger partial charge in [-0.3, -0.25) is 4.79 Å². The zero-order valence-electron chi connectivity index (χ0n) is 13.4. The van der Waals surface area contributed by atoms with Gasteiger partial charge in [0, 0.05) is 17.7 Å². The maximum Gasteiger partial charge on any atom is 0.305 e. The van der Waals surface area contributed by atoms with Gasteiger partial charge in [-0.05, 0) is 25.1 Å². The molecule has 1 heterocycles. The van der Waals surface area contributed by atoms with Crippen LogP contribution in [-0.4, -0.2) is 25.8 Å². The highest BCUT2D eigenvalue weighted by atomic mass is 16.5. The second-order valence-corrected chi connectivity index (χ2v) is 4.85. The summed E-state index contributed by atoms with van der Waals surface area (Å²) < 4.78 is 12.2. The summed E-state index contributed by atoms with van der Waals surface area (Å²) in [5.41, 5.74) is 4.07. The van der Waals surface area contributed by atoms with E-state index in [0.29, 0.717) is 17.2 Å². The number of aromatic nitrogens is 1. The quantitative estimate of drug-likeness (QED) is 0.500. The molecule has 0 aliphatic rings. The van der Waals surface area contributed by atoms with Crippen molar-refractivity contribution in [3.8, 4) is 11.5 Å². The topological polar surface area (TPSA) is 63.8 Å². The van der Waals surface area contributed by atoms with Crippen LogP contribution in [0.3, 0.4) is 0 Å². The van der Waals surface area contributed by atoms with Crippen molar-refractivity contribution in [3.63, 3.8) is 0 Å². The lowest BCUT2D eigenvalue weighted by Crippen LogP contribution is -2.41. The molecule has 1 N–H and O–H groups in total. The lowest BCUT2D eigenvalue weighted by Gasteiger charge is -2.09. The highest BCUT2D eigenvalue weighted by molar-refractivity contribution is 5.99. The van der Waals surface area contributed by atoms with E-state index in [1.54, 1.807) is 24.9 Å². The molecule has 1 aromatic carbocycles. The molecule has 6 heteroatoms. The number of pyridine rings is 1. The number of nitrogens with zero attached hydrogens (tertiary/aromatic N) is 2. The zero-order chi connectivity index (χ0) is 16.7. The molecule has 0 fully saturated rings. The second kappa shape index (κ2) is 7.93. The SMILES string of the molecule is COc1ccc(C(C)=NNC(=O)C[n+]2ccccc2)cc1OC. The molecular formula is C17H20N3O3+. The smallest absolute Gasteiger partial charge is 0.305 e. The molecule has 1 amide bonds. The van der Waals surface area contributed by atoms with E-state index < -0.39 is 0 Å². The molecule has 1 aromatic heterocycles. The molecule has 0 aliphatic heterocycles. The number of carbonyl (C=O) groups excluding carboxylic acids is 1. The standard InChI is InChI=1S/C17H19N3O3/c1-13(14-7-8-15(22-2)16(11-14)23-3)18-19-17(21)12-20-9-5-4-6-10-20/h4-11H,12H2,1-3H3/p+1. The van der Waals surface area contributed by atoms with Gasteiger partial charge in [0.2, 0.25) is 6.54 Å². The first-order chi connectivity index (χ1) is 11.1. The van der Waals surface area contributed by atoms with Crippen LogP contribution >= 0.6 is 0 Å². The number of ether oxygens (including phenoxy) is 2. The van der Waals surface area contributed by atoms with E-state index in [2.05, 4.69) is 10.5 Å². The minimum Gasteiger partial charge on any atom is -0.493 e. The highest BCUT2D eigenvalue weighted by Crippen LogP contribution is 2.27. The Kier molecular flexibility index (Phi) is 5.68. The highest BCUT2D eigenvalue weighted by Gasteiger charge is 2.09. The largest absolute Gasteiger partial charge is 0.493 e.